The Morgan fingerprint density at radius 2 is 2.25 bits per heavy atom. The SMILES string of the molecule is C[C@@H]1CN(C(=O)[C@@H]2CCCCN2)C[C@@H]1CO. The van der Waals surface area contributed by atoms with E-state index < -0.39 is 0 Å². The number of aliphatic hydroxyl groups excluding tert-OH is 1. The van der Waals surface area contributed by atoms with Gasteiger partial charge in [0, 0.05) is 25.6 Å². The molecule has 16 heavy (non-hydrogen) atoms. The van der Waals surface area contributed by atoms with Gasteiger partial charge in [-0.05, 0) is 25.3 Å². The number of aliphatic hydroxyl groups is 1. The van der Waals surface area contributed by atoms with E-state index in [1.807, 2.05) is 4.90 Å². The number of nitrogens with one attached hydrogen (secondary N) is 1. The smallest absolute Gasteiger partial charge is 0.239 e. The molecule has 0 bridgehead atoms. The van der Waals surface area contributed by atoms with Crippen LogP contribution in [0.15, 0.2) is 0 Å². The molecule has 2 N–H and O–H groups in total. The Hall–Kier alpha value is -0.610. The van der Waals surface area contributed by atoms with Gasteiger partial charge in [-0.25, -0.2) is 0 Å². The number of carbonyl (C=O) groups excluding carboxylic acids is 1. The number of piperidine rings is 1. The van der Waals surface area contributed by atoms with Crippen LogP contribution >= 0.6 is 0 Å². The van der Waals surface area contributed by atoms with Gasteiger partial charge in [0.25, 0.3) is 0 Å². The summed E-state index contributed by atoms with van der Waals surface area (Å²) in [4.78, 5) is 14.1. The number of hydrogen-bond donors (Lipinski definition) is 2. The fraction of sp³-hybridized carbons (Fsp3) is 0.917. The van der Waals surface area contributed by atoms with Crippen molar-refractivity contribution in [2.45, 2.75) is 32.2 Å². The first-order valence-corrected chi connectivity index (χ1v) is 6.35. The molecule has 0 aliphatic carbocycles. The highest BCUT2D eigenvalue weighted by atomic mass is 16.3. The van der Waals surface area contributed by atoms with E-state index in [-0.39, 0.29) is 24.5 Å². The average molecular weight is 226 g/mol. The molecule has 0 aromatic carbocycles. The summed E-state index contributed by atoms with van der Waals surface area (Å²) >= 11 is 0. The van der Waals surface area contributed by atoms with Crippen LogP contribution < -0.4 is 5.32 Å². The Bertz CT molecular complexity index is 251. The van der Waals surface area contributed by atoms with Crippen LogP contribution in [0, 0.1) is 11.8 Å². The Balaban J connectivity index is 1.90. The van der Waals surface area contributed by atoms with Crippen LogP contribution in [-0.4, -0.2) is 48.2 Å². The molecule has 0 radical (unpaired) electrons. The molecule has 2 fully saturated rings. The molecule has 2 rings (SSSR count). The van der Waals surface area contributed by atoms with Crippen molar-refractivity contribution >= 4 is 5.91 Å². The van der Waals surface area contributed by atoms with E-state index in [2.05, 4.69) is 12.2 Å². The van der Waals surface area contributed by atoms with Crippen LogP contribution in [0.1, 0.15) is 26.2 Å². The third-order valence-electron chi connectivity index (χ3n) is 3.92. The molecular formula is C12H22N2O2. The molecule has 2 saturated heterocycles. The van der Waals surface area contributed by atoms with E-state index in [4.69, 9.17) is 0 Å². The quantitative estimate of drug-likeness (QED) is 0.708. The second kappa shape index (κ2) is 5.15. The van der Waals surface area contributed by atoms with Crippen LogP contribution in [0.4, 0.5) is 0 Å². The second-order valence-electron chi connectivity index (χ2n) is 5.17. The normalized spacial score (nSPS) is 35.4. The molecule has 2 aliphatic heterocycles. The van der Waals surface area contributed by atoms with Gasteiger partial charge in [0.2, 0.25) is 5.91 Å². The predicted octanol–water partition coefficient (Wildman–Crippen LogP) is 0.215. The first kappa shape index (κ1) is 11.9. The summed E-state index contributed by atoms with van der Waals surface area (Å²) in [7, 11) is 0. The van der Waals surface area contributed by atoms with Crippen molar-refractivity contribution < 1.29 is 9.90 Å². The lowest BCUT2D eigenvalue weighted by Gasteiger charge is -2.27. The van der Waals surface area contributed by atoms with Gasteiger partial charge in [0.1, 0.15) is 0 Å². The average Bonchev–Trinajstić information content (AvgIpc) is 2.71. The van der Waals surface area contributed by atoms with Crippen molar-refractivity contribution in [3.8, 4) is 0 Å². The van der Waals surface area contributed by atoms with Gasteiger partial charge < -0.3 is 15.3 Å². The van der Waals surface area contributed by atoms with Gasteiger partial charge in [0.15, 0.2) is 0 Å². The Morgan fingerprint density at radius 1 is 1.44 bits per heavy atom. The highest BCUT2D eigenvalue weighted by molar-refractivity contribution is 5.82. The molecule has 1 amide bonds. The van der Waals surface area contributed by atoms with Crippen molar-refractivity contribution in [3.63, 3.8) is 0 Å². The van der Waals surface area contributed by atoms with Gasteiger partial charge in [-0.1, -0.05) is 13.3 Å². The van der Waals surface area contributed by atoms with Crippen molar-refractivity contribution in [2.75, 3.05) is 26.2 Å². The van der Waals surface area contributed by atoms with E-state index in [1.54, 1.807) is 0 Å². The number of hydrogen-bond acceptors (Lipinski definition) is 3. The lowest BCUT2D eigenvalue weighted by Crippen LogP contribution is -2.48. The maximum absolute atomic E-state index is 12.2. The molecule has 2 heterocycles. The van der Waals surface area contributed by atoms with Gasteiger partial charge in [0.05, 0.1) is 6.04 Å². The topological polar surface area (TPSA) is 52.6 Å². The zero-order valence-corrected chi connectivity index (χ0v) is 9.98. The van der Waals surface area contributed by atoms with Crippen molar-refractivity contribution in [2.24, 2.45) is 11.8 Å². The minimum atomic E-state index is 0.0263. The molecule has 4 heteroatoms. The summed E-state index contributed by atoms with van der Waals surface area (Å²) in [5.74, 6) is 0.938. The molecule has 2 aliphatic rings. The zero-order valence-electron chi connectivity index (χ0n) is 9.98. The van der Waals surface area contributed by atoms with Crippen LogP contribution in [-0.2, 0) is 4.79 Å². The summed E-state index contributed by atoms with van der Waals surface area (Å²) in [6, 6.07) is 0.0263. The molecule has 4 nitrogen and oxygen atoms in total. The van der Waals surface area contributed by atoms with Crippen LogP contribution in [0.2, 0.25) is 0 Å². The van der Waals surface area contributed by atoms with Crippen LogP contribution in [0.25, 0.3) is 0 Å². The van der Waals surface area contributed by atoms with Crippen LogP contribution in [0.5, 0.6) is 0 Å². The largest absolute Gasteiger partial charge is 0.396 e. The van der Waals surface area contributed by atoms with Gasteiger partial charge >= 0.3 is 0 Å². The molecule has 0 spiro atoms. The number of amides is 1. The maximum Gasteiger partial charge on any atom is 0.239 e. The second-order valence-corrected chi connectivity index (χ2v) is 5.17. The Morgan fingerprint density at radius 3 is 2.81 bits per heavy atom. The van der Waals surface area contributed by atoms with Crippen LogP contribution in [0.3, 0.4) is 0 Å². The predicted molar refractivity (Wildman–Crippen MR) is 62.0 cm³/mol. The Kier molecular flexibility index (Phi) is 3.82. The molecule has 92 valence electrons. The third-order valence-corrected chi connectivity index (χ3v) is 3.92. The summed E-state index contributed by atoms with van der Waals surface area (Å²) < 4.78 is 0. The monoisotopic (exact) mass is 226 g/mol. The van der Waals surface area contributed by atoms with Gasteiger partial charge in [-0.15, -0.1) is 0 Å². The first-order chi connectivity index (χ1) is 7.72. The molecule has 0 saturated carbocycles. The number of rotatable bonds is 2. The summed E-state index contributed by atoms with van der Waals surface area (Å²) in [5, 5.41) is 12.5. The van der Waals surface area contributed by atoms with Crippen molar-refractivity contribution in [1.29, 1.82) is 0 Å². The van der Waals surface area contributed by atoms with Gasteiger partial charge in [-0.2, -0.15) is 0 Å². The summed E-state index contributed by atoms with van der Waals surface area (Å²) in [6.45, 7) is 4.81. The van der Waals surface area contributed by atoms with E-state index in [0.29, 0.717) is 5.92 Å². The Labute approximate surface area is 97.0 Å². The van der Waals surface area contributed by atoms with Crippen molar-refractivity contribution in [3.05, 3.63) is 0 Å². The third kappa shape index (κ3) is 2.38. The number of nitrogens with zero attached hydrogens (tertiary/aromatic N) is 1. The van der Waals surface area contributed by atoms with E-state index >= 15 is 0 Å². The zero-order chi connectivity index (χ0) is 11.5. The highest BCUT2D eigenvalue weighted by Gasteiger charge is 2.34. The fourth-order valence-corrected chi connectivity index (χ4v) is 2.73. The maximum atomic E-state index is 12.2. The first-order valence-electron chi connectivity index (χ1n) is 6.35. The molecule has 0 unspecified atom stereocenters. The molecule has 0 aromatic rings. The van der Waals surface area contributed by atoms with Gasteiger partial charge in [-0.3, -0.25) is 4.79 Å². The van der Waals surface area contributed by atoms with E-state index in [1.165, 1.54) is 6.42 Å². The number of carbonyl (C=O) groups is 1. The summed E-state index contributed by atoms with van der Waals surface area (Å²) in [6.07, 6.45) is 3.29. The standard InChI is InChI=1S/C12H22N2O2/c1-9-6-14(7-10(9)8-15)12(16)11-4-2-3-5-13-11/h9-11,13,15H,2-8H2,1H3/t9-,10-,11+/m1/s1. The molecule has 3 atom stereocenters. The van der Waals surface area contributed by atoms with E-state index in [9.17, 15) is 9.90 Å². The minimum Gasteiger partial charge on any atom is -0.396 e. The number of likely N-dealkylation sites (tertiary alicyclic amines) is 1. The molecule has 0 aromatic heterocycles. The van der Waals surface area contributed by atoms with Crippen molar-refractivity contribution in [1.82, 2.24) is 10.2 Å². The minimum absolute atomic E-state index is 0.0263. The lowest BCUT2D eigenvalue weighted by molar-refractivity contribution is -0.133. The fourth-order valence-electron chi connectivity index (χ4n) is 2.73. The highest BCUT2D eigenvalue weighted by Crippen LogP contribution is 2.23. The summed E-state index contributed by atoms with van der Waals surface area (Å²) in [5.41, 5.74) is 0. The molecular weight excluding hydrogens is 204 g/mol. The lowest BCUT2D eigenvalue weighted by atomic mass is 10.00. The van der Waals surface area contributed by atoms with E-state index in [0.717, 1.165) is 32.5 Å².